The van der Waals surface area contributed by atoms with Gasteiger partial charge in [0.15, 0.2) is 0 Å². The molecule has 0 bridgehead atoms. The molecule has 2 aromatic rings. The minimum absolute atomic E-state index is 0.0659. The van der Waals surface area contributed by atoms with E-state index in [1.54, 1.807) is 26.0 Å². The van der Waals surface area contributed by atoms with Crippen molar-refractivity contribution in [3.63, 3.8) is 0 Å². The maximum Gasteiger partial charge on any atom is 0.283 e. The van der Waals surface area contributed by atoms with Gasteiger partial charge in [-0.3, -0.25) is 14.9 Å². The molecule has 0 fully saturated rings. The summed E-state index contributed by atoms with van der Waals surface area (Å²) in [5.41, 5.74) is -1.44. The third-order valence-electron chi connectivity index (χ3n) is 3.18. The molecule has 0 spiro atoms. The van der Waals surface area contributed by atoms with Crippen molar-refractivity contribution in [2.75, 3.05) is 6.54 Å². The van der Waals surface area contributed by atoms with Crippen LogP contribution in [0.1, 0.15) is 33.0 Å². The summed E-state index contributed by atoms with van der Waals surface area (Å²) in [7, 11) is 0. The van der Waals surface area contributed by atoms with E-state index in [1.807, 2.05) is 0 Å². The number of furan rings is 1. The molecule has 7 nitrogen and oxygen atoms in total. The zero-order valence-corrected chi connectivity index (χ0v) is 13.2. The molecule has 0 aliphatic carbocycles. The Kier molecular flexibility index (Phi) is 4.34. The highest BCUT2D eigenvalue weighted by atomic mass is 32.1. The van der Waals surface area contributed by atoms with Gasteiger partial charge in [0.1, 0.15) is 17.1 Å². The van der Waals surface area contributed by atoms with Crippen LogP contribution in [-0.4, -0.2) is 22.5 Å². The lowest BCUT2D eigenvalue weighted by molar-refractivity contribution is -0.385. The van der Waals surface area contributed by atoms with Gasteiger partial charge in [-0.2, -0.15) is 0 Å². The third kappa shape index (κ3) is 3.34. The topological polar surface area (TPSA) is 106 Å². The van der Waals surface area contributed by atoms with Crippen LogP contribution in [0.25, 0.3) is 0 Å². The van der Waals surface area contributed by atoms with E-state index in [-0.39, 0.29) is 17.1 Å². The lowest BCUT2D eigenvalue weighted by atomic mass is 10.0. The van der Waals surface area contributed by atoms with Crippen LogP contribution in [-0.2, 0) is 5.60 Å². The van der Waals surface area contributed by atoms with Crippen molar-refractivity contribution in [3.8, 4) is 0 Å². The normalized spacial score (nSPS) is 13.6. The Morgan fingerprint density at radius 2 is 2.18 bits per heavy atom. The van der Waals surface area contributed by atoms with Gasteiger partial charge in [-0.1, -0.05) is 0 Å². The Labute approximate surface area is 130 Å². The van der Waals surface area contributed by atoms with E-state index in [4.69, 9.17) is 4.42 Å². The molecule has 0 aliphatic rings. The van der Waals surface area contributed by atoms with Crippen LogP contribution in [0.5, 0.6) is 0 Å². The molecule has 2 rings (SSSR count). The highest BCUT2D eigenvalue weighted by Gasteiger charge is 2.28. The first-order chi connectivity index (χ1) is 10.2. The quantitative estimate of drug-likeness (QED) is 0.649. The van der Waals surface area contributed by atoms with Crippen molar-refractivity contribution in [2.24, 2.45) is 0 Å². The van der Waals surface area contributed by atoms with Gasteiger partial charge >= 0.3 is 0 Å². The maximum absolute atomic E-state index is 12.1. The first-order valence-electron chi connectivity index (χ1n) is 6.53. The molecule has 0 aromatic carbocycles. The molecule has 1 amide bonds. The average molecular weight is 324 g/mol. The fourth-order valence-electron chi connectivity index (χ4n) is 1.92. The number of hydrogen-bond donors (Lipinski definition) is 2. The predicted molar refractivity (Wildman–Crippen MR) is 81.1 cm³/mol. The Bertz CT molecular complexity index is 717. The number of hydrogen-bond acceptors (Lipinski definition) is 6. The molecule has 1 atom stereocenters. The summed E-state index contributed by atoms with van der Waals surface area (Å²) in [6.45, 7) is 4.80. The smallest absolute Gasteiger partial charge is 0.283 e. The van der Waals surface area contributed by atoms with Gasteiger partial charge in [0.05, 0.1) is 21.2 Å². The van der Waals surface area contributed by atoms with Gasteiger partial charge in [0, 0.05) is 6.07 Å². The van der Waals surface area contributed by atoms with Crippen molar-refractivity contribution >= 4 is 22.9 Å². The number of aryl methyl sites for hydroxylation is 2. The standard InChI is InChI=1S/C14H16N2O5S/c1-8-4-5-12(21-8)14(3,18)7-15-13(17)11-6-10(16(19)20)9(2)22-11/h4-6,18H,7H2,1-3H3,(H,15,17). The van der Waals surface area contributed by atoms with E-state index in [2.05, 4.69) is 5.32 Å². The number of carbonyl (C=O) groups is 1. The molecule has 0 saturated heterocycles. The van der Waals surface area contributed by atoms with Crippen molar-refractivity contribution in [1.82, 2.24) is 5.32 Å². The Morgan fingerprint density at radius 3 is 2.68 bits per heavy atom. The highest BCUT2D eigenvalue weighted by molar-refractivity contribution is 7.14. The second-order valence-corrected chi connectivity index (χ2v) is 6.43. The fourth-order valence-corrected chi connectivity index (χ4v) is 2.82. The molecule has 0 aliphatic heterocycles. The second kappa shape index (κ2) is 5.90. The second-order valence-electron chi connectivity index (χ2n) is 5.18. The zero-order valence-electron chi connectivity index (χ0n) is 12.4. The minimum atomic E-state index is -1.36. The molecule has 8 heteroatoms. The number of amides is 1. The van der Waals surface area contributed by atoms with Crippen molar-refractivity contribution < 1.29 is 19.2 Å². The predicted octanol–water partition coefficient (Wildman–Crippen LogP) is 2.50. The van der Waals surface area contributed by atoms with Crippen molar-refractivity contribution in [1.29, 1.82) is 0 Å². The summed E-state index contributed by atoms with van der Waals surface area (Å²) in [5.74, 6) is 0.537. The lowest BCUT2D eigenvalue weighted by Crippen LogP contribution is -2.38. The van der Waals surface area contributed by atoms with E-state index in [0.29, 0.717) is 16.4 Å². The van der Waals surface area contributed by atoms with Gasteiger partial charge in [-0.15, -0.1) is 11.3 Å². The zero-order chi connectivity index (χ0) is 16.5. The number of rotatable bonds is 5. The molecule has 0 saturated carbocycles. The number of thiophene rings is 1. The highest BCUT2D eigenvalue weighted by Crippen LogP contribution is 2.28. The SMILES string of the molecule is Cc1ccc(C(C)(O)CNC(=O)c2cc([N+](=O)[O-])c(C)s2)o1. The lowest BCUT2D eigenvalue weighted by Gasteiger charge is -2.21. The molecule has 22 heavy (non-hydrogen) atoms. The van der Waals surface area contributed by atoms with Crippen LogP contribution < -0.4 is 5.32 Å². The van der Waals surface area contributed by atoms with Crippen LogP contribution >= 0.6 is 11.3 Å². The maximum atomic E-state index is 12.1. The Hall–Kier alpha value is -2.19. The van der Waals surface area contributed by atoms with Gasteiger partial charge in [-0.25, -0.2) is 0 Å². The van der Waals surface area contributed by atoms with E-state index >= 15 is 0 Å². The molecular weight excluding hydrogens is 308 g/mol. The van der Waals surface area contributed by atoms with E-state index < -0.39 is 16.4 Å². The first-order valence-corrected chi connectivity index (χ1v) is 7.34. The summed E-state index contributed by atoms with van der Waals surface area (Å²) in [4.78, 5) is 23.0. The number of aliphatic hydroxyl groups is 1. The summed E-state index contributed by atoms with van der Waals surface area (Å²) in [6, 6.07) is 4.60. The van der Waals surface area contributed by atoms with Crippen molar-refractivity contribution in [2.45, 2.75) is 26.4 Å². The molecule has 1 unspecified atom stereocenters. The average Bonchev–Trinajstić information content (AvgIpc) is 3.02. The fraction of sp³-hybridized carbons (Fsp3) is 0.357. The molecule has 2 heterocycles. The van der Waals surface area contributed by atoms with Crippen molar-refractivity contribution in [3.05, 3.63) is 49.6 Å². The third-order valence-corrected chi connectivity index (χ3v) is 4.21. The first kappa shape index (κ1) is 16.2. The molecule has 0 radical (unpaired) electrons. The number of nitrogens with one attached hydrogen (secondary N) is 1. The van der Waals surface area contributed by atoms with E-state index in [1.165, 1.54) is 13.0 Å². The Balaban J connectivity index is 2.06. The van der Waals surface area contributed by atoms with Crippen LogP contribution in [0.15, 0.2) is 22.6 Å². The van der Waals surface area contributed by atoms with Gasteiger partial charge in [0.2, 0.25) is 0 Å². The Morgan fingerprint density at radius 1 is 1.50 bits per heavy atom. The van der Waals surface area contributed by atoms with Crippen LogP contribution in [0, 0.1) is 24.0 Å². The number of nitro groups is 1. The molecule has 2 N–H and O–H groups in total. The van der Waals surface area contributed by atoms with Crippen LogP contribution in [0.3, 0.4) is 0 Å². The molecule has 2 aromatic heterocycles. The number of carbonyl (C=O) groups excluding carboxylic acids is 1. The van der Waals surface area contributed by atoms with Gasteiger partial charge in [0.25, 0.3) is 11.6 Å². The minimum Gasteiger partial charge on any atom is -0.463 e. The summed E-state index contributed by atoms with van der Waals surface area (Å²) < 4.78 is 5.35. The number of nitrogens with zero attached hydrogens (tertiary/aromatic N) is 1. The van der Waals surface area contributed by atoms with Gasteiger partial charge in [-0.05, 0) is 32.9 Å². The molecule has 118 valence electrons. The van der Waals surface area contributed by atoms with Crippen LogP contribution in [0.2, 0.25) is 0 Å². The van der Waals surface area contributed by atoms with Crippen LogP contribution in [0.4, 0.5) is 5.69 Å². The van der Waals surface area contributed by atoms with E-state index in [9.17, 15) is 20.0 Å². The van der Waals surface area contributed by atoms with Gasteiger partial charge < -0.3 is 14.8 Å². The van der Waals surface area contributed by atoms with E-state index in [0.717, 1.165) is 11.3 Å². The summed E-state index contributed by atoms with van der Waals surface area (Å²) in [6.07, 6.45) is 0. The summed E-state index contributed by atoms with van der Waals surface area (Å²) in [5, 5.41) is 23.7. The monoisotopic (exact) mass is 324 g/mol. The largest absolute Gasteiger partial charge is 0.463 e. The summed E-state index contributed by atoms with van der Waals surface area (Å²) >= 11 is 1.04. The molecular formula is C14H16N2O5S.